The molecular formula is C23H22N2O2. The number of hydrogen-bond donors (Lipinski definition) is 0. The van der Waals surface area contributed by atoms with Crippen LogP contribution in [0.5, 0.6) is 0 Å². The molecule has 0 N–H and O–H groups in total. The molecule has 1 aromatic carbocycles. The lowest BCUT2D eigenvalue weighted by Crippen LogP contribution is -2.20. The summed E-state index contributed by atoms with van der Waals surface area (Å²) in [7, 11) is 1.40. The monoisotopic (exact) mass is 358 g/mol. The van der Waals surface area contributed by atoms with E-state index in [2.05, 4.69) is 42.5 Å². The average molecular weight is 358 g/mol. The molecule has 1 aromatic rings. The Bertz CT molecular complexity index is 938. The lowest BCUT2D eigenvalue weighted by Gasteiger charge is -2.32. The normalized spacial score (nSPS) is 18.5. The van der Waals surface area contributed by atoms with Crippen LogP contribution >= 0.6 is 0 Å². The zero-order valence-corrected chi connectivity index (χ0v) is 15.7. The van der Waals surface area contributed by atoms with E-state index in [1.54, 1.807) is 0 Å². The fourth-order valence-corrected chi connectivity index (χ4v) is 3.95. The number of esters is 1. The summed E-state index contributed by atoms with van der Waals surface area (Å²) in [6.07, 6.45) is 8.71. The molecule has 2 atom stereocenters. The van der Waals surface area contributed by atoms with Crippen LogP contribution in [0.1, 0.15) is 48.8 Å². The molecule has 0 spiro atoms. The van der Waals surface area contributed by atoms with Gasteiger partial charge in [0.1, 0.15) is 0 Å². The lowest BCUT2D eigenvalue weighted by molar-refractivity contribution is -0.140. The molecule has 0 saturated heterocycles. The van der Waals surface area contributed by atoms with Gasteiger partial charge in [-0.2, -0.15) is 10.5 Å². The number of carbonyl (C=O) groups excluding carboxylic acids is 1. The first-order chi connectivity index (χ1) is 13.1. The zero-order valence-electron chi connectivity index (χ0n) is 15.7. The molecule has 0 amide bonds. The summed E-state index contributed by atoms with van der Waals surface area (Å²) in [5.41, 5.74) is 6.10. The Balaban J connectivity index is 2.02. The van der Waals surface area contributed by atoms with Crippen molar-refractivity contribution in [2.24, 2.45) is 5.92 Å². The van der Waals surface area contributed by atoms with Gasteiger partial charge < -0.3 is 4.74 Å². The molecule has 0 heterocycles. The summed E-state index contributed by atoms with van der Waals surface area (Å²) in [5.74, 6) is -0.708. The molecule has 2 aliphatic carbocycles. The van der Waals surface area contributed by atoms with Gasteiger partial charge in [-0.05, 0) is 54.0 Å². The van der Waals surface area contributed by atoms with E-state index in [1.807, 2.05) is 13.0 Å². The zero-order chi connectivity index (χ0) is 19.4. The largest absolute Gasteiger partial charge is 0.469 e. The highest BCUT2D eigenvalue weighted by Gasteiger charge is 2.34. The van der Waals surface area contributed by atoms with Gasteiger partial charge in [0.05, 0.1) is 25.2 Å². The Morgan fingerprint density at radius 2 is 2.19 bits per heavy atom. The Hall–Kier alpha value is -3.11. The number of methoxy groups -OCH3 is 1. The Morgan fingerprint density at radius 3 is 2.89 bits per heavy atom. The fraction of sp³-hybridized carbons (Fsp3) is 0.348. The van der Waals surface area contributed by atoms with Crippen LogP contribution in [0.3, 0.4) is 0 Å². The minimum Gasteiger partial charge on any atom is -0.469 e. The second-order valence-corrected chi connectivity index (χ2v) is 6.96. The molecule has 4 heteroatoms. The quantitative estimate of drug-likeness (QED) is 0.721. The topological polar surface area (TPSA) is 73.9 Å². The highest BCUT2D eigenvalue weighted by Crippen LogP contribution is 2.47. The number of hydrogen-bond acceptors (Lipinski definition) is 4. The maximum atomic E-state index is 11.3. The van der Waals surface area contributed by atoms with Crippen molar-refractivity contribution in [3.05, 3.63) is 64.3 Å². The van der Waals surface area contributed by atoms with Gasteiger partial charge >= 0.3 is 5.97 Å². The summed E-state index contributed by atoms with van der Waals surface area (Å²) < 4.78 is 4.70. The number of allylic oxidation sites excluding steroid dienone is 6. The van der Waals surface area contributed by atoms with Crippen molar-refractivity contribution < 1.29 is 9.53 Å². The van der Waals surface area contributed by atoms with Crippen molar-refractivity contribution >= 4 is 11.5 Å². The second kappa shape index (κ2) is 8.06. The SMILES string of the molecule is COC(=O)CCCc1ccc2c(c1)[C@@H]([C@@H](C)C#N)C(C#N)=C1CC=CC=C12. The Kier molecular flexibility index (Phi) is 5.57. The van der Waals surface area contributed by atoms with E-state index in [0.717, 1.165) is 40.7 Å². The molecule has 0 bridgehead atoms. The van der Waals surface area contributed by atoms with Crippen LogP contribution in [0, 0.1) is 28.6 Å². The molecule has 0 aliphatic heterocycles. The van der Waals surface area contributed by atoms with Gasteiger partial charge in [0.2, 0.25) is 0 Å². The summed E-state index contributed by atoms with van der Waals surface area (Å²) >= 11 is 0. The van der Waals surface area contributed by atoms with E-state index in [9.17, 15) is 15.3 Å². The number of fused-ring (bicyclic) bond motifs is 3. The first kappa shape index (κ1) is 18.7. The van der Waals surface area contributed by atoms with Crippen molar-refractivity contribution in [3.63, 3.8) is 0 Å². The smallest absolute Gasteiger partial charge is 0.305 e. The van der Waals surface area contributed by atoms with E-state index in [4.69, 9.17) is 4.74 Å². The first-order valence-corrected chi connectivity index (χ1v) is 9.20. The van der Waals surface area contributed by atoms with Gasteiger partial charge in [0, 0.05) is 17.9 Å². The maximum absolute atomic E-state index is 11.3. The van der Waals surface area contributed by atoms with Crippen molar-refractivity contribution in [2.45, 2.75) is 38.5 Å². The maximum Gasteiger partial charge on any atom is 0.305 e. The number of benzene rings is 1. The van der Waals surface area contributed by atoms with Crippen molar-refractivity contribution in [1.82, 2.24) is 0 Å². The van der Waals surface area contributed by atoms with Gasteiger partial charge in [0.15, 0.2) is 0 Å². The van der Waals surface area contributed by atoms with Gasteiger partial charge in [-0.25, -0.2) is 0 Å². The van der Waals surface area contributed by atoms with Gasteiger partial charge in [-0.3, -0.25) is 4.79 Å². The van der Waals surface area contributed by atoms with E-state index in [0.29, 0.717) is 18.4 Å². The Labute approximate surface area is 160 Å². The molecule has 2 aliphatic rings. The molecule has 0 radical (unpaired) electrons. The molecular weight excluding hydrogens is 336 g/mol. The number of carbonyl (C=O) groups is 1. The third-order valence-electron chi connectivity index (χ3n) is 5.32. The number of aryl methyl sites for hydroxylation is 1. The Morgan fingerprint density at radius 1 is 1.37 bits per heavy atom. The third kappa shape index (κ3) is 3.57. The highest BCUT2D eigenvalue weighted by molar-refractivity contribution is 5.88. The van der Waals surface area contributed by atoms with Crippen LogP contribution in [-0.4, -0.2) is 13.1 Å². The molecule has 0 fully saturated rings. The van der Waals surface area contributed by atoms with Crippen LogP contribution < -0.4 is 0 Å². The molecule has 0 unspecified atom stereocenters. The molecule has 0 saturated carbocycles. The molecule has 3 rings (SSSR count). The van der Waals surface area contributed by atoms with Crippen LogP contribution in [0.4, 0.5) is 0 Å². The number of nitrogens with zero attached hydrogens (tertiary/aromatic N) is 2. The standard InChI is InChI=1S/C23H22N2O2/c1-15(13-24)23-20-12-16(6-5-9-22(26)27-2)10-11-19(20)17-7-3-4-8-18(17)21(23)14-25/h3-4,7,10-12,15,23H,5-6,8-9H2,1-2H3/t15-,23+/m0/s1. The third-order valence-corrected chi connectivity index (χ3v) is 5.32. The first-order valence-electron chi connectivity index (χ1n) is 9.20. The van der Waals surface area contributed by atoms with Gasteiger partial charge in [-0.1, -0.05) is 36.4 Å². The lowest BCUT2D eigenvalue weighted by atomic mass is 9.69. The number of nitriles is 2. The summed E-state index contributed by atoms with van der Waals surface area (Å²) in [6, 6.07) is 11.0. The molecule has 4 nitrogen and oxygen atoms in total. The highest BCUT2D eigenvalue weighted by atomic mass is 16.5. The summed E-state index contributed by atoms with van der Waals surface area (Å²) in [6.45, 7) is 1.88. The van der Waals surface area contributed by atoms with E-state index in [1.165, 1.54) is 7.11 Å². The van der Waals surface area contributed by atoms with Gasteiger partial charge in [-0.15, -0.1) is 0 Å². The van der Waals surface area contributed by atoms with Crippen LogP contribution in [0.15, 0.2) is 47.6 Å². The predicted molar refractivity (Wildman–Crippen MR) is 103 cm³/mol. The number of ether oxygens (including phenoxy) is 1. The van der Waals surface area contributed by atoms with Crippen molar-refractivity contribution in [3.8, 4) is 12.1 Å². The van der Waals surface area contributed by atoms with E-state index in [-0.39, 0.29) is 17.8 Å². The van der Waals surface area contributed by atoms with Gasteiger partial charge in [0.25, 0.3) is 0 Å². The predicted octanol–water partition coefficient (Wildman–Crippen LogP) is 4.60. The second-order valence-electron chi connectivity index (χ2n) is 6.96. The minimum absolute atomic E-state index is 0.206. The summed E-state index contributed by atoms with van der Waals surface area (Å²) in [4.78, 5) is 11.3. The van der Waals surface area contributed by atoms with Crippen LogP contribution in [0.25, 0.3) is 5.57 Å². The van der Waals surface area contributed by atoms with E-state index < -0.39 is 0 Å². The fourth-order valence-electron chi connectivity index (χ4n) is 3.95. The number of rotatable bonds is 5. The van der Waals surface area contributed by atoms with Crippen molar-refractivity contribution in [2.75, 3.05) is 7.11 Å². The van der Waals surface area contributed by atoms with Crippen LogP contribution in [0.2, 0.25) is 0 Å². The summed E-state index contributed by atoms with van der Waals surface area (Å²) in [5, 5.41) is 19.4. The minimum atomic E-state index is -0.288. The van der Waals surface area contributed by atoms with Crippen molar-refractivity contribution in [1.29, 1.82) is 10.5 Å². The molecule has 0 aromatic heterocycles. The van der Waals surface area contributed by atoms with E-state index >= 15 is 0 Å². The average Bonchev–Trinajstić information content (AvgIpc) is 2.71. The molecule has 136 valence electrons. The molecule has 27 heavy (non-hydrogen) atoms. The van der Waals surface area contributed by atoms with Crippen LogP contribution in [-0.2, 0) is 16.0 Å².